The van der Waals surface area contributed by atoms with E-state index in [2.05, 4.69) is 10.8 Å². The molecule has 0 bridgehead atoms. The van der Waals surface area contributed by atoms with Crippen LogP contribution in [-0.2, 0) is 20.7 Å². The zero-order valence-electron chi connectivity index (χ0n) is 12.5. The van der Waals surface area contributed by atoms with Crippen LogP contribution in [0.1, 0.15) is 30.9 Å². The first-order valence-electron chi connectivity index (χ1n) is 6.97. The summed E-state index contributed by atoms with van der Waals surface area (Å²) in [4.78, 5) is 25.0. The smallest absolute Gasteiger partial charge is 0.325 e. The van der Waals surface area contributed by atoms with Crippen LogP contribution in [0.4, 0.5) is 0 Å². The van der Waals surface area contributed by atoms with Crippen molar-refractivity contribution in [3.8, 4) is 0 Å². The van der Waals surface area contributed by atoms with Gasteiger partial charge < -0.3 is 9.64 Å². The molecule has 0 aromatic heterocycles. The number of aryl methyl sites for hydroxylation is 2. The van der Waals surface area contributed by atoms with Crippen molar-refractivity contribution in [2.75, 3.05) is 20.2 Å². The molecule has 0 saturated heterocycles. The van der Waals surface area contributed by atoms with E-state index in [1.54, 1.807) is 4.90 Å². The molecule has 0 heterocycles. The van der Waals surface area contributed by atoms with E-state index in [1.807, 2.05) is 32.0 Å². The maximum absolute atomic E-state index is 12.2. The van der Waals surface area contributed by atoms with Gasteiger partial charge in [0.05, 0.1) is 7.11 Å². The molecule has 1 aromatic carbocycles. The number of rotatable bonds is 7. The number of nitrogens with zero attached hydrogens (tertiary/aromatic N) is 1. The number of benzene rings is 1. The normalized spacial score (nSPS) is 10.2. The van der Waals surface area contributed by atoms with Gasteiger partial charge in [-0.1, -0.05) is 36.8 Å². The number of carbonyl (C=O) groups is 2. The summed E-state index contributed by atoms with van der Waals surface area (Å²) in [6, 6.07) is 8.13. The molecule has 1 amide bonds. The highest BCUT2D eigenvalue weighted by Gasteiger charge is 2.16. The maximum atomic E-state index is 12.2. The molecule has 0 spiro atoms. The number of ether oxygens (including phenoxy) is 1. The predicted octanol–water partition coefficient (Wildman–Crippen LogP) is 2.34. The number of hydrogen-bond acceptors (Lipinski definition) is 3. The lowest BCUT2D eigenvalue weighted by Crippen LogP contribution is -2.36. The topological polar surface area (TPSA) is 46.6 Å². The standard InChI is InChI=1S/C16H23NO3/c1-4-10-17(12-16(19)20-3)15(18)9-8-14-7-5-6-13(2)11-14/h5-7,11H,4,8-10,12H2,1-3H3. The summed E-state index contributed by atoms with van der Waals surface area (Å²) in [5.41, 5.74) is 2.34. The summed E-state index contributed by atoms with van der Waals surface area (Å²) in [7, 11) is 1.34. The van der Waals surface area contributed by atoms with Crippen LogP contribution in [0, 0.1) is 6.92 Å². The second-order valence-corrected chi connectivity index (χ2v) is 4.88. The molecule has 0 aliphatic heterocycles. The molecule has 4 nitrogen and oxygen atoms in total. The van der Waals surface area contributed by atoms with Crippen LogP contribution in [-0.4, -0.2) is 37.0 Å². The van der Waals surface area contributed by atoms with Crippen molar-refractivity contribution in [3.63, 3.8) is 0 Å². The first kappa shape index (κ1) is 16.2. The monoisotopic (exact) mass is 277 g/mol. The molecule has 0 aliphatic carbocycles. The highest BCUT2D eigenvalue weighted by molar-refractivity contribution is 5.82. The lowest BCUT2D eigenvalue weighted by Gasteiger charge is -2.20. The second-order valence-electron chi connectivity index (χ2n) is 4.88. The van der Waals surface area contributed by atoms with E-state index in [1.165, 1.54) is 12.7 Å². The third-order valence-electron chi connectivity index (χ3n) is 3.10. The fourth-order valence-corrected chi connectivity index (χ4v) is 2.06. The Labute approximate surface area is 120 Å². The zero-order valence-corrected chi connectivity index (χ0v) is 12.5. The fraction of sp³-hybridized carbons (Fsp3) is 0.500. The van der Waals surface area contributed by atoms with Crippen molar-refractivity contribution in [3.05, 3.63) is 35.4 Å². The van der Waals surface area contributed by atoms with Crippen molar-refractivity contribution in [2.45, 2.75) is 33.1 Å². The Kier molecular flexibility index (Phi) is 6.77. The molecule has 1 rings (SSSR count). The van der Waals surface area contributed by atoms with Gasteiger partial charge in [-0.25, -0.2) is 0 Å². The Morgan fingerprint density at radius 1 is 1.30 bits per heavy atom. The number of esters is 1. The van der Waals surface area contributed by atoms with Crippen molar-refractivity contribution >= 4 is 11.9 Å². The Morgan fingerprint density at radius 2 is 2.05 bits per heavy atom. The van der Waals surface area contributed by atoms with Gasteiger partial charge in [-0.2, -0.15) is 0 Å². The molecule has 1 aromatic rings. The van der Waals surface area contributed by atoms with Gasteiger partial charge in [0.1, 0.15) is 6.54 Å². The number of amides is 1. The third kappa shape index (κ3) is 5.43. The first-order valence-corrected chi connectivity index (χ1v) is 6.97. The fourth-order valence-electron chi connectivity index (χ4n) is 2.06. The largest absolute Gasteiger partial charge is 0.468 e. The Balaban J connectivity index is 2.55. The average molecular weight is 277 g/mol. The van der Waals surface area contributed by atoms with Crippen LogP contribution in [0.2, 0.25) is 0 Å². The Morgan fingerprint density at radius 3 is 2.65 bits per heavy atom. The van der Waals surface area contributed by atoms with E-state index < -0.39 is 0 Å². The van der Waals surface area contributed by atoms with Crippen LogP contribution in [0.25, 0.3) is 0 Å². The average Bonchev–Trinajstić information content (AvgIpc) is 2.44. The molecular weight excluding hydrogens is 254 g/mol. The lowest BCUT2D eigenvalue weighted by atomic mass is 10.1. The summed E-state index contributed by atoms with van der Waals surface area (Å²) in [6.07, 6.45) is 1.94. The molecule has 20 heavy (non-hydrogen) atoms. The van der Waals surface area contributed by atoms with Crippen LogP contribution in [0.5, 0.6) is 0 Å². The van der Waals surface area contributed by atoms with Crippen molar-refractivity contribution in [1.29, 1.82) is 0 Å². The molecule has 0 unspecified atom stereocenters. The molecule has 0 saturated carbocycles. The van der Waals surface area contributed by atoms with E-state index >= 15 is 0 Å². The summed E-state index contributed by atoms with van der Waals surface area (Å²) < 4.78 is 4.62. The SMILES string of the molecule is CCCN(CC(=O)OC)C(=O)CCc1cccc(C)c1. The summed E-state index contributed by atoms with van der Waals surface area (Å²) in [5.74, 6) is -0.374. The number of hydrogen-bond donors (Lipinski definition) is 0. The highest BCUT2D eigenvalue weighted by Crippen LogP contribution is 2.08. The summed E-state index contributed by atoms with van der Waals surface area (Å²) in [6.45, 7) is 4.64. The molecule has 0 N–H and O–H groups in total. The van der Waals surface area contributed by atoms with Gasteiger partial charge in [0, 0.05) is 13.0 Å². The van der Waals surface area contributed by atoms with Crippen LogP contribution >= 0.6 is 0 Å². The number of methoxy groups -OCH3 is 1. The van der Waals surface area contributed by atoms with E-state index in [0.717, 1.165) is 12.0 Å². The predicted molar refractivity (Wildman–Crippen MR) is 78.4 cm³/mol. The molecule has 0 fully saturated rings. The van der Waals surface area contributed by atoms with Gasteiger partial charge in [-0.3, -0.25) is 9.59 Å². The summed E-state index contributed by atoms with van der Waals surface area (Å²) in [5, 5.41) is 0. The molecular formula is C16H23NO3. The van der Waals surface area contributed by atoms with Gasteiger partial charge in [-0.05, 0) is 25.3 Å². The van der Waals surface area contributed by atoms with Gasteiger partial charge >= 0.3 is 5.97 Å². The molecule has 4 heteroatoms. The molecule has 0 radical (unpaired) electrons. The minimum absolute atomic E-state index is 0.00115. The third-order valence-corrected chi connectivity index (χ3v) is 3.10. The Bertz CT molecular complexity index is 457. The van der Waals surface area contributed by atoms with Crippen molar-refractivity contribution in [1.82, 2.24) is 4.90 Å². The van der Waals surface area contributed by atoms with Crippen molar-refractivity contribution in [2.24, 2.45) is 0 Å². The minimum atomic E-state index is -0.373. The van der Waals surface area contributed by atoms with Gasteiger partial charge in [-0.15, -0.1) is 0 Å². The van der Waals surface area contributed by atoms with E-state index in [-0.39, 0.29) is 18.4 Å². The van der Waals surface area contributed by atoms with E-state index in [0.29, 0.717) is 19.4 Å². The van der Waals surface area contributed by atoms with Crippen LogP contribution < -0.4 is 0 Å². The molecule has 0 atom stereocenters. The maximum Gasteiger partial charge on any atom is 0.325 e. The zero-order chi connectivity index (χ0) is 15.0. The Hall–Kier alpha value is -1.84. The lowest BCUT2D eigenvalue weighted by molar-refractivity contribution is -0.147. The number of carbonyl (C=O) groups excluding carboxylic acids is 2. The minimum Gasteiger partial charge on any atom is -0.468 e. The highest BCUT2D eigenvalue weighted by atomic mass is 16.5. The van der Waals surface area contributed by atoms with E-state index in [9.17, 15) is 9.59 Å². The first-order chi connectivity index (χ1) is 9.56. The second kappa shape index (κ2) is 8.35. The summed E-state index contributed by atoms with van der Waals surface area (Å²) >= 11 is 0. The van der Waals surface area contributed by atoms with Gasteiger partial charge in [0.15, 0.2) is 0 Å². The molecule has 0 aliphatic rings. The van der Waals surface area contributed by atoms with Crippen LogP contribution in [0.15, 0.2) is 24.3 Å². The quantitative estimate of drug-likeness (QED) is 0.719. The van der Waals surface area contributed by atoms with E-state index in [4.69, 9.17) is 0 Å². The van der Waals surface area contributed by atoms with Gasteiger partial charge in [0.25, 0.3) is 0 Å². The molecule has 110 valence electrons. The van der Waals surface area contributed by atoms with Crippen LogP contribution in [0.3, 0.4) is 0 Å². The van der Waals surface area contributed by atoms with Crippen molar-refractivity contribution < 1.29 is 14.3 Å². The van der Waals surface area contributed by atoms with Gasteiger partial charge in [0.2, 0.25) is 5.91 Å².